The Kier molecular flexibility index (Phi) is 6.06. The summed E-state index contributed by atoms with van der Waals surface area (Å²) in [6.45, 7) is 1.24. The van der Waals surface area contributed by atoms with Crippen molar-refractivity contribution in [2.24, 2.45) is 0 Å². The van der Waals surface area contributed by atoms with E-state index in [-0.39, 0.29) is 17.9 Å². The highest BCUT2D eigenvalue weighted by Gasteiger charge is 2.09. The van der Waals surface area contributed by atoms with E-state index in [1.807, 2.05) is 30.5 Å². The van der Waals surface area contributed by atoms with Crippen LogP contribution in [0.1, 0.15) is 17.3 Å². The number of hydrogen-bond donors (Lipinski definition) is 1. The highest BCUT2D eigenvalue weighted by molar-refractivity contribution is 7.98. The topological polar surface area (TPSA) is 81.1 Å². The number of nitrogens with zero attached hydrogens (tertiary/aromatic N) is 2. The molecule has 0 saturated heterocycles. The van der Waals surface area contributed by atoms with E-state index in [0.717, 1.165) is 15.1 Å². The number of benzene rings is 2. The van der Waals surface area contributed by atoms with Crippen molar-refractivity contribution in [3.8, 4) is 11.3 Å². The molecule has 1 N–H and O–H groups in total. The van der Waals surface area contributed by atoms with Gasteiger partial charge in [0, 0.05) is 27.8 Å². The van der Waals surface area contributed by atoms with Gasteiger partial charge in [-0.1, -0.05) is 24.3 Å². The first-order valence-electron chi connectivity index (χ1n) is 8.60. The lowest BCUT2D eigenvalue weighted by atomic mass is 10.1. The number of rotatable bonds is 6. The highest BCUT2D eigenvalue weighted by Crippen LogP contribution is 2.20. The maximum Gasteiger partial charge on any atom is 0.267 e. The Labute approximate surface area is 166 Å². The molecule has 1 heterocycles. The minimum atomic E-state index is -0.398. The molecular weight excluding hydrogens is 374 g/mol. The summed E-state index contributed by atoms with van der Waals surface area (Å²) >= 11 is 1.64. The Morgan fingerprint density at radius 1 is 1.07 bits per heavy atom. The zero-order valence-electron chi connectivity index (χ0n) is 15.5. The van der Waals surface area contributed by atoms with Crippen LogP contribution in [0, 0.1) is 0 Å². The Morgan fingerprint density at radius 2 is 1.82 bits per heavy atom. The van der Waals surface area contributed by atoms with E-state index in [1.165, 1.54) is 13.0 Å². The number of Topliss-reactive ketones (excluding diaryl/α,β-unsaturated/α-hetero) is 1. The van der Waals surface area contributed by atoms with Crippen LogP contribution in [-0.4, -0.2) is 27.7 Å². The quantitative estimate of drug-likeness (QED) is 0.512. The summed E-state index contributed by atoms with van der Waals surface area (Å²) in [5, 5.41) is 7.00. The average molecular weight is 393 g/mol. The largest absolute Gasteiger partial charge is 0.324 e. The third-order valence-electron chi connectivity index (χ3n) is 4.10. The molecule has 142 valence electrons. The number of thioether (sulfide) groups is 1. The molecule has 0 atom stereocenters. The van der Waals surface area contributed by atoms with Crippen LogP contribution in [0.5, 0.6) is 0 Å². The number of aromatic nitrogens is 2. The number of ketones is 1. The molecule has 28 heavy (non-hydrogen) atoms. The maximum absolute atomic E-state index is 12.3. The molecule has 1 aromatic heterocycles. The molecule has 3 rings (SSSR count). The van der Waals surface area contributed by atoms with Crippen LogP contribution in [0.2, 0.25) is 0 Å². The van der Waals surface area contributed by atoms with Crippen LogP contribution in [0.25, 0.3) is 11.3 Å². The molecule has 0 saturated carbocycles. The average Bonchev–Trinajstić information content (AvgIpc) is 2.70. The first kappa shape index (κ1) is 19.6. The van der Waals surface area contributed by atoms with Gasteiger partial charge in [0.05, 0.1) is 5.69 Å². The van der Waals surface area contributed by atoms with Crippen molar-refractivity contribution in [3.05, 3.63) is 76.6 Å². The molecule has 0 spiro atoms. The third-order valence-corrected chi connectivity index (χ3v) is 4.84. The van der Waals surface area contributed by atoms with Crippen molar-refractivity contribution in [1.29, 1.82) is 0 Å². The summed E-state index contributed by atoms with van der Waals surface area (Å²) in [5.41, 5.74) is 2.11. The molecule has 0 fully saturated rings. The zero-order valence-corrected chi connectivity index (χ0v) is 16.3. The summed E-state index contributed by atoms with van der Waals surface area (Å²) in [6, 6.07) is 17.5. The first-order chi connectivity index (χ1) is 13.5. The molecule has 6 nitrogen and oxygen atoms in total. The second kappa shape index (κ2) is 8.67. The van der Waals surface area contributed by atoms with Crippen LogP contribution in [0.4, 0.5) is 5.69 Å². The maximum atomic E-state index is 12.3. The van der Waals surface area contributed by atoms with Crippen molar-refractivity contribution in [1.82, 2.24) is 9.78 Å². The Bertz CT molecular complexity index is 1070. The minimum absolute atomic E-state index is 0.0887. The molecule has 0 aliphatic carbocycles. The molecule has 2 aromatic carbocycles. The summed E-state index contributed by atoms with van der Waals surface area (Å²) in [6.07, 6.45) is 2.00. The van der Waals surface area contributed by atoms with Crippen LogP contribution in [0.15, 0.2) is 70.4 Å². The van der Waals surface area contributed by atoms with Gasteiger partial charge in [0.2, 0.25) is 5.91 Å². The minimum Gasteiger partial charge on any atom is -0.324 e. The number of carbonyl (C=O) groups is 2. The van der Waals surface area contributed by atoms with E-state index in [9.17, 15) is 14.4 Å². The van der Waals surface area contributed by atoms with Crippen molar-refractivity contribution < 1.29 is 9.59 Å². The monoisotopic (exact) mass is 393 g/mol. The van der Waals surface area contributed by atoms with Gasteiger partial charge in [-0.05, 0) is 43.5 Å². The van der Waals surface area contributed by atoms with E-state index in [2.05, 4.69) is 10.4 Å². The van der Waals surface area contributed by atoms with Gasteiger partial charge in [0.15, 0.2) is 5.78 Å². The van der Waals surface area contributed by atoms with Crippen molar-refractivity contribution in [3.63, 3.8) is 0 Å². The van der Waals surface area contributed by atoms with Crippen LogP contribution < -0.4 is 10.9 Å². The standard InChI is InChI=1S/C21H19N3O3S/c1-14(25)16-4-3-5-17(12-16)22-20(26)13-24-21(27)11-10-19(23-24)15-6-8-18(28-2)9-7-15/h3-12H,13H2,1-2H3,(H,22,26). The molecule has 0 bridgehead atoms. The molecule has 0 unspecified atom stereocenters. The Morgan fingerprint density at radius 3 is 2.50 bits per heavy atom. The van der Waals surface area contributed by atoms with E-state index in [4.69, 9.17) is 0 Å². The predicted octanol–water partition coefficient (Wildman–Crippen LogP) is 3.47. The summed E-state index contributed by atoms with van der Waals surface area (Å²) in [5.74, 6) is -0.487. The van der Waals surface area contributed by atoms with Gasteiger partial charge in [-0.3, -0.25) is 14.4 Å². The van der Waals surface area contributed by atoms with Gasteiger partial charge in [-0.15, -0.1) is 11.8 Å². The van der Waals surface area contributed by atoms with Gasteiger partial charge >= 0.3 is 0 Å². The fraction of sp³-hybridized carbons (Fsp3) is 0.143. The van der Waals surface area contributed by atoms with Gasteiger partial charge in [0.25, 0.3) is 5.56 Å². The van der Waals surface area contributed by atoms with Crippen molar-refractivity contribution >= 4 is 29.1 Å². The second-order valence-electron chi connectivity index (χ2n) is 6.13. The van der Waals surface area contributed by atoms with Crippen LogP contribution in [0.3, 0.4) is 0 Å². The number of anilines is 1. The number of nitrogens with one attached hydrogen (secondary N) is 1. The fourth-order valence-corrected chi connectivity index (χ4v) is 3.04. The highest BCUT2D eigenvalue weighted by atomic mass is 32.2. The Hall–Kier alpha value is -3.19. The van der Waals surface area contributed by atoms with E-state index in [1.54, 1.807) is 42.1 Å². The van der Waals surface area contributed by atoms with E-state index < -0.39 is 5.91 Å². The van der Waals surface area contributed by atoms with Gasteiger partial charge < -0.3 is 5.32 Å². The summed E-state index contributed by atoms with van der Waals surface area (Å²) < 4.78 is 1.13. The van der Waals surface area contributed by atoms with Crippen molar-refractivity contribution in [2.45, 2.75) is 18.4 Å². The SMILES string of the molecule is CSc1ccc(-c2ccc(=O)n(CC(=O)Nc3cccc(C(C)=O)c3)n2)cc1. The van der Waals surface area contributed by atoms with Crippen LogP contribution in [-0.2, 0) is 11.3 Å². The number of hydrogen-bond acceptors (Lipinski definition) is 5. The summed E-state index contributed by atoms with van der Waals surface area (Å²) in [7, 11) is 0. The normalized spacial score (nSPS) is 10.5. The Balaban J connectivity index is 1.78. The predicted molar refractivity (Wildman–Crippen MR) is 111 cm³/mol. The molecule has 1 amide bonds. The summed E-state index contributed by atoms with van der Waals surface area (Å²) in [4.78, 5) is 37.0. The van der Waals surface area contributed by atoms with Gasteiger partial charge in [-0.25, -0.2) is 4.68 Å². The van der Waals surface area contributed by atoms with Gasteiger partial charge in [-0.2, -0.15) is 5.10 Å². The molecule has 0 aliphatic heterocycles. The smallest absolute Gasteiger partial charge is 0.267 e. The zero-order chi connectivity index (χ0) is 20.1. The van der Waals surface area contributed by atoms with E-state index >= 15 is 0 Å². The van der Waals surface area contributed by atoms with Gasteiger partial charge in [0.1, 0.15) is 6.54 Å². The number of carbonyl (C=O) groups excluding carboxylic acids is 2. The fourth-order valence-electron chi connectivity index (χ4n) is 2.63. The van der Waals surface area contributed by atoms with Crippen LogP contribution >= 0.6 is 11.8 Å². The molecule has 0 radical (unpaired) electrons. The molecule has 0 aliphatic rings. The molecule has 3 aromatic rings. The third kappa shape index (κ3) is 4.75. The lowest BCUT2D eigenvalue weighted by molar-refractivity contribution is -0.117. The molecule has 7 heteroatoms. The van der Waals surface area contributed by atoms with E-state index in [0.29, 0.717) is 16.9 Å². The lowest BCUT2D eigenvalue weighted by Crippen LogP contribution is -2.29. The number of amides is 1. The van der Waals surface area contributed by atoms with Crippen molar-refractivity contribution in [2.75, 3.05) is 11.6 Å². The molecular formula is C21H19N3O3S. The first-order valence-corrected chi connectivity index (χ1v) is 9.82. The lowest BCUT2D eigenvalue weighted by Gasteiger charge is -2.09. The second-order valence-corrected chi connectivity index (χ2v) is 7.01.